The number of aliphatic hydroxyl groups is 1. The van der Waals surface area contributed by atoms with E-state index in [0.717, 1.165) is 0 Å². The Morgan fingerprint density at radius 1 is 1.17 bits per heavy atom. The predicted molar refractivity (Wildman–Crippen MR) is 44.3 cm³/mol. The highest BCUT2D eigenvalue weighted by molar-refractivity contribution is 5.53. The van der Waals surface area contributed by atoms with Crippen LogP contribution in [0.5, 0.6) is 0 Å². The van der Waals surface area contributed by atoms with Crippen LogP contribution < -0.4 is 0 Å². The van der Waals surface area contributed by atoms with Crippen molar-refractivity contribution >= 4 is 6.16 Å². The van der Waals surface area contributed by atoms with Crippen LogP contribution in [0.2, 0.25) is 0 Å². The largest absolute Gasteiger partial charge is 0.503 e. The normalized spacial score (nSPS) is 17.8. The highest BCUT2D eigenvalue weighted by Crippen LogP contribution is 2.22. The summed E-state index contributed by atoms with van der Waals surface area (Å²) in [5.41, 5.74) is 0. The van der Waals surface area contributed by atoms with E-state index in [-0.39, 0.29) is 0 Å². The van der Waals surface area contributed by atoms with E-state index in [1.807, 2.05) is 0 Å². The minimum absolute atomic E-state index is 0.417. The van der Waals surface area contributed by atoms with Gasteiger partial charge in [0.15, 0.2) is 0 Å². The second kappa shape index (κ2) is 6.91. The van der Waals surface area contributed by atoms with E-state index in [4.69, 9.17) is 20.1 Å². The van der Waals surface area contributed by atoms with Gasteiger partial charge in [0.2, 0.25) is 0 Å². The average Bonchev–Trinajstić information content (AvgIpc) is 2.05. The molecule has 0 unspecified atom stereocenters. The van der Waals surface area contributed by atoms with Crippen molar-refractivity contribution in [2.24, 2.45) is 5.92 Å². The minimum Gasteiger partial charge on any atom is -0.450 e. The number of rotatable bonds is 1. The summed E-state index contributed by atoms with van der Waals surface area (Å²) in [6, 6.07) is 0. The Kier molecular flexibility index (Phi) is 6.47. The zero-order chi connectivity index (χ0) is 9.40. The molecule has 0 saturated heterocycles. The van der Waals surface area contributed by atoms with Gasteiger partial charge in [0.25, 0.3) is 0 Å². The van der Waals surface area contributed by atoms with Crippen LogP contribution in [-0.2, 0) is 0 Å². The second-order valence-electron chi connectivity index (χ2n) is 2.97. The molecule has 0 atom stereocenters. The zero-order valence-electron chi connectivity index (χ0n) is 7.07. The standard InChI is InChI=1S/C7H14O.CH2O3/c8-6-7-4-2-1-3-5-7;2-1(3)4/h7-8H,1-6H2;(H2,2,3,4). The molecule has 1 saturated carbocycles. The molecule has 0 aromatic carbocycles. The predicted octanol–water partition coefficient (Wildman–Crippen LogP) is 1.78. The summed E-state index contributed by atoms with van der Waals surface area (Å²) in [6.07, 6.45) is 4.75. The van der Waals surface area contributed by atoms with Gasteiger partial charge in [-0.3, -0.25) is 0 Å². The summed E-state index contributed by atoms with van der Waals surface area (Å²) in [6.45, 7) is 0.417. The topological polar surface area (TPSA) is 77.8 Å². The van der Waals surface area contributed by atoms with Gasteiger partial charge in [-0.2, -0.15) is 0 Å². The van der Waals surface area contributed by atoms with Gasteiger partial charge in [0.05, 0.1) is 0 Å². The van der Waals surface area contributed by atoms with Crippen molar-refractivity contribution < 1.29 is 20.1 Å². The van der Waals surface area contributed by atoms with E-state index in [0.29, 0.717) is 12.5 Å². The summed E-state index contributed by atoms with van der Waals surface area (Å²) >= 11 is 0. The van der Waals surface area contributed by atoms with Gasteiger partial charge < -0.3 is 15.3 Å². The van der Waals surface area contributed by atoms with Gasteiger partial charge in [-0.15, -0.1) is 0 Å². The molecule has 0 heterocycles. The van der Waals surface area contributed by atoms with Crippen LogP contribution in [0.3, 0.4) is 0 Å². The molecule has 0 radical (unpaired) electrons. The van der Waals surface area contributed by atoms with Gasteiger partial charge in [-0.05, 0) is 18.8 Å². The lowest BCUT2D eigenvalue weighted by Crippen LogP contribution is -2.09. The molecule has 0 amide bonds. The Bertz CT molecular complexity index is 114. The molecule has 0 spiro atoms. The molecule has 1 rings (SSSR count). The van der Waals surface area contributed by atoms with Crippen LogP contribution in [0, 0.1) is 5.92 Å². The first-order valence-corrected chi connectivity index (χ1v) is 4.19. The summed E-state index contributed by atoms with van der Waals surface area (Å²) in [5.74, 6) is 0.642. The molecule has 0 aromatic heterocycles. The van der Waals surface area contributed by atoms with Crippen molar-refractivity contribution in [1.82, 2.24) is 0 Å². The zero-order valence-corrected chi connectivity index (χ0v) is 7.07. The lowest BCUT2D eigenvalue weighted by Gasteiger charge is -2.18. The molecular weight excluding hydrogens is 160 g/mol. The van der Waals surface area contributed by atoms with Gasteiger partial charge >= 0.3 is 6.16 Å². The lowest BCUT2D eigenvalue weighted by molar-refractivity contribution is 0.137. The third-order valence-corrected chi connectivity index (χ3v) is 1.98. The van der Waals surface area contributed by atoms with Crippen molar-refractivity contribution in [1.29, 1.82) is 0 Å². The second-order valence-corrected chi connectivity index (χ2v) is 2.97. The van der Waals surface area contributed by atoms with Crippen LogP contribution in [0.15, 0.2) is 0 Å². The molecule has 0 aromatic rings. The number of carboxylic acid groups (broad SMARTS) is 2. The Hall–Kier alpha value is -0.770. The Labute approximate surface area is 71.8 Å². The average molecular weight is 176 g/mol. The molecule has 4 heteroatoms. The summed E-state index contributed by atoms with van der Waals surface area (Å²) in [7, 11) is 0. The van der Waals surface area contributed by atoms with Crippen molar-refractivity contribution in [3.8, 4) is 0 Å². The molecule has 0 bridgehead atoms. The molecule has 1 aliphatic carbocycles. The fourth-order valence-electron chi connectivity index (χ4n) is 1.37. The van der Waals surface area contributed by atoms with Gasteiger partial charge in [0.1, 0.15) is 0 Å². The fraction of sp³-hybridized carbons (Fsp3) is 0.875. The number of carbonyl (C=O) groups is 1. The summed E-state index contributed by atoms with van der Waals surface area (Å²) in [4.78, 5) is 8.56. The third-order valence-electron chi connectivity index (χ3n) is 1.98. The fourth-order valence-corrected chi connectivity index (χ4v) is 1.37. The lowest BCUT2D eigenvalue weighted by atomic mass is 9.90. The first-order chi connectivity index (χ1) is 5.66. The summed E-state index contributed by atoms with van der Waals surface area (Å²) in [5, 5.41) is 22.6. The van der Waals surface area contributed by atoms with Gasteiger partial charge in [-0.1, -0.05) is 19.3 Å². The Morgan fingerprint density at radius 3 is 1.83 bits per heavy atom. The maximum atomic E-state index is 8.69. The number of hydrogen-bond acceptors (Lipinski definition) is 2. The molecule has 4 nitrogen and oxygen atoms in total. The Morgan fingerprint density at radius 2 is 1.58 bits per heavy atom. The van der Waals surface area contributed by atoms with E-state index >= 15 is 0 Å². The minimum atomic E-state index is -1.83. The van der Waals surface area contributed by atoms with Gasteiger partial charge in [-0.25, -0.2) is 4.79 Å². The molecule has 3 N–H and O–H groups in total. The van der Waals surface area contributed by atoms with Crippen molar-refractivity contribution in [3.63, 3.8) is 0 Å². The van der Waals surface area contributed by atoms with E-state index in [9.17, 15) is 0 Å². The van der Waals surface area contributed by atoms with Crippen LogP contribution in [0.1, 0.15) is 32.1 Å². The third kappa shape index (κ3) is 7.34. The first-order valence-electron chi connectivity index (χ1n) is 4.19. The van der Waals surface area contributed by atoms with Crippen LogP contribution >= 0.6 is 0 Å². The number of hydrogen-bond donors (Lipinski definition) is 3. The molecular formula is C8H16O4. The van der Waals surface area contributed by atoms with Crippen LogP contribution in [-0.4, -0.2) is 28.1 Å². The maximum Gasteiger partial charge on any atom is 0.503 e. The molecule has 72 valence electrons. The summed E-state index contributed by atoms with van der Waals surface area (Å²) < 4.78 is 0. The quantitative estimate of drug-likeness (QED) is 0.569. The van der Waals surface area contributed by atoms with E-state index in [2.05, 4.69) is 0 Å². The van der Waals surface area contributed by atoms with E-state index in [1.54, 1.807) is 0 Å². The highest BCUT2D eigenvalue weighted by Gasteiger charge is 2.10. The molecule has 1 fully saturated rings. The van der Waals surface area contributed by atoms with Crippen LogP contribution in [0.25, 0.3) is 0 Å². The molecule has 12 heavy (non-hydrogen) atoms. The monoisotopic (exact) mass is 176 g/mol. The van der Waals surface area contributed by atoms with E-state index < -0.39 is 6.16 Å². The van der Waals surface area contributed by atoms with Gasteiger partial charge in [0, 0.05) is 6.61 Å². The smallest absolute Gasteiger partial charge is 0.450 e. The SMILES string of the molecule is O=C(O)O.OCC1CCCCC1. The van der Waals surface area contributed by atoms with Crippen molar-refractivity contribution in [3.05, 3.63) is 0 Å². The van der Waals surface area contributed by atoms with Crippen molar-refractivity contribution in [2.45, 2.75) is 32.1 Å². The number of aliphatic hydroxyl groups excluding tert-OH is 1. The van der Waals surface area contributed by atoms with E-state index in [1.165, 1.54) is 32.1 Å². The van der Waals surface area contributed by atoms with Crippen molar-refractivity contribution in [2.75, 3.05) is 6.61 Å². The molecule has 0 aliphatic heterocycles. The molecule has 1 aliphatic rings. The first kappa shape index (κ1) is 11.2. The highest BCUT2D eigenvalue weighted by atomic mass is 16.6. The Balaban J connectivity index is 0.000000261. The van der Waals surface area contributed by atoms with Crippen LogP contribution in [0.4, 0.5) is 4.79 Å². The maximum absolute atomic E-state index is 8.69.